The molecule has 0 radical (unpaired) electrons. The Balaban J connectivity index is 1.67. The average molecular weight is 325 g/mol. The smallest absolute Gasteiger partial charge is 0.319 e. The monoisotopic (exact) mass is 325 g/mol. The van der Waals surface area contributed by atoms with E-state index in [1.54, 1.807) is 38.2 Å². The van der Waals surface area contributed by atoms with Crippen molar-refractivity contribution in [3.63, 3.8) is 0 Å². The number of aliphatic hydroxyl groups is 1. The van der Waals surface area contributed by atoms with Gasteiger partial charge in [0.25, 0.3) is 0 Å². The van der Waals surface area contributed by atoms with E-state index < -0.39 is 11.6 Å². The number of fused-ring (bicyclic) bond motifs is 1. The van der Waals surface area contributed by atoms with Gasteiger partial charge in [-0.15, -0.1) is 0 Å². The highest BCUT2D eigenvalue weighted by Gasteiger charge is 2.27. The minimum absolute atomic E-state index is 0.0178. The van der Waals surface area contributed by atoms with Gasteiger partial charge in [0.05, 0.1) is 17.7 Å². The third-order valence-electron chi connectivity index (χ3n) is 3.75. The molecule has 2 amide bonds. The fraction of sp³-hybridized carbons (Fsp3) is 0.222. The van der Waals surface area contributed by atoms with Gasteiger partial charge in [-0.05, 0) is 38.1 Å². The van der Waals surface area contributed by atoms with Crippen molar-refractivity contribution < 1.29 is 14.3 Å². The maximum Gasteiger partial charge on any atom is 0.319 e. The molecule has 1 aromatic carbocycles. The van der Waals surface area contributed by atoms with Crippen molar-refractivity contribution in [2.75, 3.05) is 11.9 Å². The molecule has 124 valence electrons. The van der Waals surface area contributed by atoms with Gasteiger partial charge < -0.3 is 20.2 Å². The number of para-hydroxylation sites is 1. The molecule has 3 aromatic rings. The topological polar surface area (TPSA) is 87.4 Å². The van der Waals surface area contributed by atoms with Gasteiger partial charge in [-0.2, -0.15) is 0 Å². The molecule has 2 heterocycles. The van der Waals surface area contributed by atoms with E-state index in [4.69, 9.17) is 4.42 Å². The van der Waals surface area contributed by atoms with Crippen LogP contribution in [0, 0.1) is 6.92 Å². The standard InChI is InChI=1S/C18H19N3O3/c1-12-8-9-15(24-12)18(2,23)11-20-17(22)21-14-7-3-5-13-6-4-10-19-16(13)14/h3-10,23H,11H2,1-2H3,(H2,20,21,22). The van der Waals surface area contributed by atoms with Crippen LogP contribution in [-0.2, 0) is 5.60 Å². The van der Waals surface area contributed by atoms with Gasteiger partial charge in [-0.1, -0.05) is 18.2 Å². The van der Waals surface area contributed by atoms with Crippen LogP contribution in [0.2, 0.25) is 0 Å². The van der Waals surface area contributed by atoms with Gasteiger partial charge in [0.1, 0.15) is 17.1 Å². The Kier molecular flexibility index (Phi) is 4.22. The molecular formula is C18H19N3O3. The van der Waals surface area contributed by atoms with Gasteiger partial charge in [-0.25, -0.2) is 4.79 Å². The predicted octanol–water partition coefficient (Wildman–Crippen LogP) is 3.17. The van der Waals surface area contributed by atoms with Crippen LogP contribution >= 0.6 is 0 Å². The Bertz CT molecular complexity index is 865. The zero-order valence-electron chi connectivity index (χ0n) is 13.5. The minimum Gasteiger partial charge on any atom is -0.463 e. The molecule has 6 heteroatoms. The molecule has 1 unspecified atom stereocenters. The molecule has 0 bridgehead atoms. The lowest BCUT2D eigenvalue weighted by Crippen LogP contribution is -2.40. The summed E-state index contributed by atoms with van der Waals surface area (Å²) in [4.78, 5) is 16.4. The second-order valence-corrected chi connectivity index (χ2v) is 5.87. The van der Waals surface area contributed by atoms with Gasteiger partial charge >= 0.3 is 6.03 Å². The Morgan fingerprint density at radius 3 is 2.79 bits per heavy atom. The number of furan rings is 1. The second kappa shape index (κ2) is 6.33. The summed E-state index contributed by atoms with van der Waals surface area (Å²) in [7, 11) is 0. The van der Waals surface area contributed by atoms with Crippen molar-refractivity contribution in [3.05, 3.63) is 60.2 Å². The normalized spacial score (nSPS) is 13.5. The highest BCUT2D eigenvalue weighted by atomic mass is 16.4. The average Bonchev–Trinajstić information content (AvgIpc) is 3.01. The number of amides is 2. The molecule has 0 aliphatic rings. The molecule has 0 saturated heterocycles. The number of carbonyl (C=O) groups excluding carboxylic acids is 1. The van der Waals surface area contributed by atoms with E-state index in [0.29, 0.717) is 22.7 Å². The number of hydrogen-bond donors (Lipinski definition) is 3. The van der Waals surface area contributed by atoms with Crippen LogP contribution in [0.25, 0.3) is 10.9 Å². The maximum absolute atomic E-state index is 12.1. The van der Waals surface area contributed by atoms with E-state index in [0.717, 1.165) is 5.39 Å². The van der Waals surface area contributed by atoms with Crippen LogP contribution in [0.4, 0.5) is 10.5 Å². The number of nitrogens with zero attached hydrogens (tertiary/aromatic N) is 1. The molecule has 3 rings (SSSR count). The van der Waals surface area contributed by atoms with Crippen molar-refractivity contribution in [1.82, 2.24) is 10.3 Å². The Morgan fingerprint density at radius 1 is 1.25 bits per heavy atom. The number of aromatic nitrogens is 1. The van der Waals surface area contributed by atoms with Crippen molar-refractivity contribution in [1.29, 1.82) is 0 Å². The van der Waals surface area contributed by atoms with Gasteiger partial charge in [0.15, 0.2) is 0 Å². The fourth-order valence-electron chi connectivity index (χ4n) is 2.44. The Morgan fingerprint density at radius 2 is 2.04 bits per heavy atom. The van der Waals surface area contributed by atoms with E-state index in [1.807, 2.05) is 24.3 Å². The molecule has 1 atom stereocenters. The first kappa shape index (κ1) is 16.0. The van der Waals surface area contributed by atoms with Gasteiger partial charge in [0.2, 0.25) is 0 Å². The first-order chi connectivity index (χ1) is 11.5. The number of benzene rings is 1. The quantitative estimate of drug-likeness (QED) is 0.687. The van der Waals surface area contributed by atoms with E-state index in [9.17, 15) is 9.90 Å². The molecule has 2 aromatic heterocycles. The zero-order chi connectivity index (χ0) is 17.2. The van der Waals surface area contributed by atoms with Crippen LogP contribution in [0.15, 0.2) is 53.1 Å². The summed E-state index contributed by atoms with van der Waals surface area (Å²) in [5, 5.41) is 16.8. The number of aryl methyl sites for hydroxylation is 1. The highest BCUT2D eigenvalue weighted by molar-refractivity contribution is 5.99. The molecule has 24 heavy (non-hydrogen) atoms. The van der Waals surface area contributed by atoms with Crippen molar-refractivity contribution in [3.8, 4) is 0 Å². The number of carbonyl (C=O) groups is 1. The van der Waals surface area contributed by atoms with Crippen molar-refractivity contribution in [2.45, 2.75) is 19.4 Å². The first-order valence-electron chi connectivity index (χ1n) is 7.63. The Labute approximate surface area is 139 Å². The number of pyridine rings is 1. The van der Waals surface area contributed by atoms with Crippen LogP contribution < -0.4 is 10.6 Å². The highest BCUT2D eigenvalue weighted by Crippen LogP contribution is 2.23. The second-order valence-electron chi connectivity index (χ2n) is 5.87. The number of urea groups is 1. The van der Waals surface area contributed by atoms with Crippen molar-refractivity contribution >= 4 is 22.6 Å². The largest absolute Gasteiger partial charge is 0.463 e. The van der Waals surface area contributed by atoms with Crippen molar-refractivity contribution in [2.24, 2.45) is 0 Å². The number of hydrogen-bond acceptors (Lipinski definition) is 4. The summed E-state index contributed by atoms with van der Waals surface area (Å²) < 4.78 is 5.42. The van der Waals surface area contributed by atoms with Gasteiger partial charge in [0, 0.05) is 11.6 Å². The molecule has 3 N–H and O–H groups in total. The molecule has 0 saturated carbocycles. The zero-order valence-corrected chi connectivity index (χ0v) is 13.5. The summed E-state index contributed by atoms with van der Waals surface area (Å²) >= 11 is 0. The van der Waals surface area contributed by atoms with Gasteiger partial charge in [-0.3, -0.25) is 4.98 Å². The molecule has 0 spiro atoms. The summed E-state index contributed by atoms with van der Waals surface area (Å²) in [6.45, 7) is 3.40. The minimum atomic E-state index is -1.29. The third kappa shape index (κ3) is 3.38. The predicted molar refractivity (Wildman–Crippen MR) is 91.8 cm³/mol. The number of nitrogens with one attached hydrogen (secondary N) is 2. The number of rotatable bonds is 4. The number of anilines is 1. The Hall–Kier alpha value is -2.86. The molecule has 6 nitrogen and oxygen atoms in total. The lowest BCUT2D eigenvalue weighted by Gasteiger charge is -2.21. The van der Waals surface area contributed by atoms with E-state index in [1.165, 1.54) is 0 Å². The van der Waals surface area contributed by atoms with Crippen LogP contribution in [0.3, 0.4) is 0 Å². The summed E-state index contributed by atoms with van der Waals surface area (Å²) in [6.07, 6.45) is 1.68. The summed E-state index contributed by atoms with van der Waals surface area (Å²) in [6, 6.07) is 12.4. The molecular weight excluding hydrogens is 306 g/mol. The van der Waals surface area contributed by atoms with Crippen LogP contribution in [0.1, 0.15) is 18.4 Å². The van der Waals surface area contributed by atoms with Crippen LogP contribution in [-0.4, -0.2) is 22.7 Å². The molecule has 0 aliphatic heterocycles. The lowest BCUT2D eigenvalue weighted by atomic mass is 10.0. The first-order valence-corrected chi connectivity index (χ1v) is 7.63. The maximum atomic E-state index is 12.1. The van der Waals surface area contributed by atoms with E-state index in [2.05, 4.69) is 15.6 Å². The summed E-state index contributed by atoms with van der Waals surface area (Å²) in [5.74, 6) is 1.11. The summed E-state index contributed by atoms with van der Waals surface area (Å²) in [5.41, 5.74) is 0.0328. The fourth-order valence-corrected chi connectivity index (χ4v) is 2.44. The van der Waals surface area contributed by atoms with E-state index >= 15 is 0 Å². The van der Waals surface area contributed by atoms with E-state index in [-0.39, 0.29) is 6.54 Å². The molecule has 0 aliphatic carbocycles. The lowest BCUT2D eigenvalue weighted by molar-refractivity contribution is 0.0364. The SMILES string of the molecule is Cc1ccc(C(C)(O)CNC(=O)Nc2cccc3cccnc23)o1. The third-order valence-corrected chi connectivity index (χ3v) is 3.75. The molecule has 0 fully saturated rings. The van der Waals surface area contributed by atoms with Crippen LogP contribution in [0.5, 0.6) is 0 Å².